The maximum absolute atomic E-state index is 13.9. The molecule has 0 aliphatic heterocycles. The zero-order valence-corrected chi connectivity index (χ0v) is 24.6. The highest BCUT2D eigenvalue weighted by Gasteiger charge is 2.33. The first kappa shape index (κ1) is 30.2. The summed E-state index contributed by atoms with van der Waals surface area (Å²) in [5.74, 6) is -0.821. The van der Waals surface area contributed by atoms with Crippen LogP contribution < -0.4 is 9.62 Å². The molecule has 0 radical (unpaired) electrons. The molecule has 0 unspecified atom stereocenters. The number of aryl methyl sites for hydroxylation is 2. The fourth-order valence-electron chi connectivity index (χ4n) is 3.93. The van der Waals surface area contributed by atoms with Gasteiger partial charge in [0.05, 0.1) is 10.6 Å². The molecule has 0 fully saturated rings. The van der Waals surface area contributed by atoms with Crippen molar-refractivity contribution in [2.24, 2.45) is 0 Å². The number of carbonyl (C=O) groups is 2. The van der Waals surface area contributed by atoms with E-state index >= 15 is 0 Å². The predicted octanol–water partition coefficient (Wildman–Crippen LogP) is 5.48. The number of hydrogen-bond acceptors (Lipinski definition) is 4. The van der Waals surface area contributed by atoms with Gasteiger partial charge in [0.2, 0.25) is 11.8 Å². The monoisotopic (exact) mass is 569 g/mol. The first-order valence-corrected chi connectivity index (χ1v) is 14.7. The fourth-order valence-corrected chi connectivity index (χ4v) is 5.51. The minimum absolute atomic E-state index is 0.0507. The van der Waals surface area contributed by atoms with E-state index < -0.39 is 28.5 Å². The Balaban J connectivity index is 2.04. The summed E-state index contributed by atoms with van der Waals surface area (Å²) in [4.78, 5) is 28.5. The number of rotatable bonds is 11. The molecule has 9 heteroatoms. The predicted molar refractivity (Wildman–Crippen MR) is 156 cm³/mol. The summed E-state index contributed by atoms with van der Waals surface area (Å²) in [6.07, 6.45) is 0.738. The first-order valence-electron chi connectivity index (χ1n) is 12.9. The Morgan fingerprint density at radius 3 is 2.18 bits per heavy atom. The molecule has 0 bridgehead atoms. The van der Waals surface area contributed by atoms with Crippen LogP contribution in [0.1, 0.15) is 43.9 Å². The van der Waals surface area contributed by atoms with E-state index in [9.17, 15) is 18.0 Å². The molecular weight excluding hydrogens is 534 g/mol. The highest BCUT2D eigenvalue weighted by atomic mass is 35.5. The number of amides is 2. The first-order chi connectivity index (χ1) is 18.4. The van der Waals surface area contributed by atoms with Crippen molar-refractivity contribution < 1.29 is 18.0 Å². The highest BCUT2D eigenvalue weighted by Crippen LogP contribution is 2.28. The lowest BCUT2D eigenvalue weighted by Gasteiger charge is -2.32. The third-order valence-corrected chi connectivity index (χ3v) is 8.89. The SMILES string of the molecule is CC[C@H](C)NC(=O)[C@@H](C)N(Cc1ccccc1)C(=O)CN(c1ccc(C)c(Cl)c1)S(=O)(=O)c1ccc(C)cc1. The smallest absolute Gasteiger partial charge is 0.264 e. The summed E-state index contributed by atoms with van der Waals surface area (Å²) in [6, 6.07) is 19.7. The average Bonchev–Trinajstić information content (AvgIpc) is 2.92. The summed E-state index contributed by atoms with van der Waals surface area (Å²) >= 11 is 6.37. The molecule has 208 valence electrons. The highest BCUT2D eigenvalue weighted by molar-refractivity contribution is 7.92. The summed E-state index contributed by atoms with van der Waals surface area (Å²) in [5, 5.41) is 3.31. The summed E-state index contributed by atoms with van der Waals surface area (Å²) < 4.78 is 28.8. The van der Waals surface area contributed by atoms with Gasteiger partial charge in [0, 0.05) is 17.6 Å². The van der Waals surface area contributed by atoms with Gasteiger partial charge in [-0.05, 0) is 69.5 Å². The molecule has 3 rings (SSSR count). The van der Waals surface area contributed by atoms with Crippen LogP contribution >= 0.6 is 11.6 Å². The van der Waals surface area contributed by atoms with Crippen LogP contribution in [-0.2, 0) is 26.2 Å². The van der Waals surface area contributed by atoms with E-state index in [0.717, 1.165) is 27.4 Å². The molecule has 3 aromatic rings. The molecule has 2 atom stereocenters. The van der Waals surface area contributed by atoms with Gasteiger partial charge in [0.1, 0.15) is 12.6 Å². The normalized spacial score (nSPS) is 12.9. The van der Waals surface area contributed by atoms with Crippen molar-refractivity contribution in [3.8, 4) is 0 Å². The Hall–Kier alpha value is -3.36. The summed E-state index contributed by atoms with van der Waals surface area (Å²) in [6.45, 7) is 8.82. The molecule has 0 saturated heterocycles. The van der Waals surface area contributed by atoms with E-state index in [1.54, 1.807) is 31.2 Å². The zero-order chi connectivity index (χ0) is 28.7. The number of benzene rings is 3. The van der Waals surface area contributed by atoms with Gasteiger partial charge in [-0.25, -0.2) is 8.42 Å². The quantitative estimate of drug-likeness (QED) is 0.331. The van der Waals surface area contributed by atoms with Gasteiger partial charge in [-0.1, -0.05) is 72.6 Å². The maximum Gasteiger partial charge on any atom is 0.264 e. The van der Waals surface area contributed by atoms with Crippen LogP contribution in [0, 0.1) is 13.8 Å². The lowest BCUT2D eigenvalue weighted by Crippen LogP contribution is -2.52. The van der Waals surface area contributed by atoms with E-state index in [1.807, 2.05) is 58.0 Å². The van der Waals surface area contributed by atoms with Crippen LogP contribution in [-0.4, -0.2) is 43.8 Å². The van der Waals surface area contributed by atoms with Crippen LogP contribution in [0.3, 0.4) is 0 Å². The topological polar surface area (TPSA) is 86.8 Å². The molecule has 3 aromatic carbocycles. The zero-order valence-electron chi connectivity index (χ0n) is 23.0. The molecular formula is C30H36ClN3O4S. The van der Waals surface area contributed by atoms with E-state index in [2.05, 4.69) is 5.32 Å². The van der Waals surface area contributed by atoms with Crippen molar-refractivity contribution in [3.05, 3.63) is 94.5 Å². The second-order valence-corrected chi connectivity index (χ2v) is 12.0. The lowest BCUT2D eigenvalue weighted by atomic mass is 10.1. The van der Waals surface area contributed by atoms with Crippen LogP contribution in [0.5, 0.6) is 0 Å². The molecule has 2 amide bonds. The molecule has 0 spiro atoms. The third kappa shape index (κ3) is 7.61. The minimum Gasteiger partial charge on any atom is -0.352 e. The van der Waals surface area contributed by atoms with Gasteiger partial charge in [0.15, 0.2) is 0 Å². The molecule has 0 aliphatic carbocycles. The fraction of sp³-hybridized carbons (Fsp3) is 0.333. The maximum atomic E-state index is 13.9. The Bertz CT molecular complexity index is 1400. The van der Waals surface area contributed by atoms with Gasteiger partial charge in [0.25, 0.3) is 10.0 Å². The molecule has 0 saturated carbocycles. The van der Waals surface area contributed by atoms with Gasteiger partial charge in [-0.15, -0.1) is 0 Å². The Morgan fingerprint density at radius 1 is 0.949 bits per heavy atom. The molecule has 0 aromatic heterocycles. The van der Waals surface area contributed by atoms with Gasteiger partial charge in [-0.3, -0.25) is 13.9 Å². The third-order valence-electron chi connectivity index (χ3n) is 6.70. The Kier molecular flexibility index (Phi) is 10.2. The second-order valence-electron chi connectivity index (χ2n) is 9.76. The van der Waals surface area contributed by atoms with E-state index in [4.69, 9.17) is 11.6 Å². The van der Waals surface area contributed by atoms with Crippen molar-refractivity contribution in [1.29, 1.82) is 0 Å². The Labute approximate surface area is 236 Å². The molecule has 39 heavy (non-hydrogen) atoms. The van der Waals surface area contributed by atoms with Crippen LogP contribution in [0.4, 0.5) is 5.69 Å². The van der Waals surface area contributed by atoms with E-state index in [0.29, 0.717) is 5.02 Å². The van der Waals surface area contributed by atoms with Gasteiger partial charge >= 0.3 is 0 Å². The van der Waals surface area contributed by atoms with Gasteiger partial charge in [-0.2, -0.15) is 0 Å². The van der Waals surface area contributed by atoms with Crippen LogP contribution in [0.2, 0.25) is 5.02 Å². The number of carbonyl (C=O) groups excluding carboxylic acids is 2. The molecule has 0 aliphatic rings. The standard InChI is InChI=1S/C30H36ClN3O4S/c1-6-23(4)32-30(36)24(5)33(19-25-10-8-7-9-11-25)29(35)20-34(26-15-14-22(3)28(31)18-26)39(37,38)27-16-12-21(2)13-17-27/h7-18,23-24H,6,19-20H2,1-5H3,(H,32,36)/t23-,24+/m0/s1. The van der Waals surface area contributed by atoms with Crippen molar-refractivity contribution in [3.63, 3.8) is 0 Å². The number of hydrogen-bond donors (Lipinski definition) is 1. The number of anilines is 1. The molecule has 7 nitrogen and oxygen atoms in total. The second kappa shape index (κ2) is 13.1. The number of nitrogens with one attached hydrogen (secondary N) is 1. The number of halogens is 1. The molecule has 1 N–H and O–H groups in total. The van der Waals surface area contributed by atoms with Crippen molar-refractivity contribution >= 4 is 39.1 Å². The lowest BCUT2D eigenvalue weighted by molar-refractivity contribution is -0.139. The summed E-state index contributed by atoms with van der Waals surface area (Å²) in [5.41, 5.74) is 2.77. The van der Waals surface area contributed by atoms with E-state index in [-0.39, 0.29) is 29.1 Å². The van der Waals surface area contributed by atoms with Crippen molar-refractivity contribution in [1.82, 2.24) is 10.2 Å². The number of nitrogens with zero attached hydrogens (tertiary/aromatic N) is 2. The Morgan fingerprint density at radius 2 is 1.59 bits per heavy atom. The van der Waals surface area contributed by atoms with Crippen LogP contribution in [0.15, 0.2) is 77.7 Å². The summed E-state index contributed by atoms with van der Waals surface area (Å²) in [7, 11) is -4.14. The van der Waals surface area contributed by atoms with Gasteiger partial charge < -0.3 is 10.2 Å². The number of sulfonamides is 1. The van der Waals surface area contributed by atoms with Crippen molar-refractivity contribution in [2.75, 3.05) is 10.8 Å². The van der Waals surface area contributed by atoms with Crippen LogP contribution in [0.25, 0.3) is 0 Å². The van der Waals surface area contributed by atoms with E-state index in [1.165, 1.54) is 23.1 Å². The largest absolute Gasteiger partial charge is 0.352 e. The van der Waals surface area contributed by atoms with Crippen molar-refractivity contribution in [2.45, 2.75) is 64.6 Å². The average molecular weight is 570 g/mol. The molecule has 0 heterocycles. The minimum atomic E-state index is -4.14.